The van der Waals surface area contributed by atoms with Gasteiger partial charge in [0.05, 0.1) is 0 Å². The Labute approximate surface area is 127 Å². The zero-order chi connectivity index (χ0) is 13.1. The molecule has 0 bridgehead atoms. The normalized spacial score (nSPS) is 29.5. The number of likely N-dealkylation sites (tertiary alicyclic amines) is 2. The summed E-state index contributed by atoms with van der Waals surface area (Å²) >= 11 is 3.75. The van der Waals surface area contributed by atoms with Crippen molar-refractivity contribution in [2.45, 2.75) is 44.9 Å². The average molecular weight is 329 g/mol. The smallest absolute Gasteiger partial charge is 0.0100 e. The minimum Gasteiger partial charge on any atom is -0.303 e. The van der Waals surface area contributed by atoms with Gasteiger partial charge >= 0.3 is 0 Å². The standard InChI is InChI=1S/C16H29BrN2/c17-13-16(6-3-7-16)14-19-10-4-15(5-11-19)12-18-8-1-2-9-18/h15H,1-14H2. The van der Waals surface area contributed by atoms with E-state index in [1.165, 1.54) is 89.5 Å². The van der Waals surface area contributed by atoms with E-state index >= 15 is 0 Å². The lowest BCUT2D eigenvalue weighted by Crippen LogP contribution is -2.47. The molecule has 0 N–H and O–H groups in total. The number of hydrogen-bond donors (Lipinski definition) is 0. The van der Waals surface area contributed by atoms with Gasteiger partial charge in [-0.25, -0.2) is 0 Å². The first-order chi connectivity index (χ1) is 9.30. The van der Waals surface area contributed by atoms with Crippen LogP contribution in [0.2, 0.25) is 0 Å². The fourth-order valence-electron chi connectivity index (χ4n) is 4.14. The highest BCUT2D eigenvalue weighted by molar-refractivity contribution is 9.09. The SMILES string of the molecule is BrCC1(CN2CCC(CN3CCCC3)CC2)CCC1. The number of hydrogen-bond acceptors (Lipinski definition) is 2. The Kier molecular flexibility index (Phi) is 4.86. The Morgan fingerprint density at radius 2 is 1.58 bits per heavy atom. The molecule has 0 spiro atoms. The number of piperidine rings is 1. The molecule has 0 radical (unpaired) electrons. The monoisotopic (exact) mass is 328 g/mol. The summed E-state index contributed by atoms with van der Waals surface area (Å²) < 4.78 is 0. The highest BCUT2D eigenvalue weighted by Gasteiger charge is 2.38. The molecule has 0 aromatic carbocycles. The molecule has 0 aromatic heterocycles. The van der Waals surface area contributed by atoms with Gasteiger partial charge in [-0.2, -0.15) is 0 Å². The van der Waals surface area contributed by atoms with Crippen LogP contribution in [0.4, 0.5) is 0 Å². The highest BCUT2D eigenvalue weighted by atomic mass is 79.9. The van der Waals surface area contributed by atoms with Gasteiger partial charge in [0, 0.05) is 18.4 Å². The van der Waals surface area contributed by atoms with Gasteiger partial charge in [0.15, 0.2) is 0 Å². The molecule has 3 rings (SSSR count). The summed E-state index contributed by atoms with van der Waals surface area (Å²) in [5, 5.41) is 1.22. The summed E-state index contributed by atoms with van der Waals surface area (Å²) in [4.78, 5) is 5.45. The Hall–Kier alpha value is 0.400. The molecule has 0 unspecified atom stereocenters. The topological polar surface area (TPSA) is 6.48 Å². The zero-order valence-electron chi connectivity index (χ0n) is 12.2. The summed E-state index contributed by atoms with van der Waals surface area (Å²) in [5.41, 5.74) is 0.641. The third kappa shape index (κ3) is 3.54. The van der Waals surface area contributed by atoms with E-state index in [1.807, 2.05) is 0 Å². The number of alkyl halides is 1. The molecule has 3 aliphatic rings. The van der Waals surface area contributed by atoms with Crippen molar-refractivity contribution in [1.29, 1.82) is 0 Å². The third-order valence-electron chi connectivity index (χ3n) is 5.68. The predicted molar refractivity (Wildman–Crippen MR) is 84.9 cm³/mol. The number of nitrogens with zero attached hydrogens (tertiary/aromatic N) is 2. The molecule has 3 fully saturated rings. The first kappa shape index (κ1) is 14.3. The van der Waals surface area contributed by atoms with Crippen LogP contribution in [0.15, 0.2) is 0 Å². The molecule has 2 heterocycles. The van der Waals surface area contributed by atoms with Crippen LogP contribution in [0.5, 0.6) is 0 Å². The maximum Gasteiger partial charge on any atom is 0.0100 e. The van der Waals surface area contributed by atoms with Gasteiger partial charge < -0.3 is 9.80 Å². The fourth-order valence-corrected chi connectivity index (χ4v) is 4.88. The Morgan fingerprint density at radius 1 is 0.895 bits per heavy atom. The second kappa shape index (κ2) is 6.44. The number of rotatable bonds is 5. The number of halogens is 1. The largest absolute Gasteiger partial charge is 0.303 e. The quantitative estimate of drug-likeness (QED) is 0.714. The molecule has 0 aromatic rings. The molecule has 0 atom stereocenters. The molecule has 2 aliphatic heterocycles. The first-order valence-corrected chi connectivity index (χ1v) is 9.43. The predicted octanol–water partition coefficient (Wildman–Crippen LogP) is 3.36. The lowest BCUT2D eigenvalue weighted by Gasteiger charge is -2.46. The van der Waals surface area contributed by atoms with E-state index in [0.717, 1.165) is 5.92 Å². The molecular formula is C16H29BrN2. The van der Waals surface area contributed by atoms with Crippen molar-refractivity contribution in [2.24, 2.45) is 11.3 Å². The van der Waals surface area contributed by atoms with Gasteiger partial charge in [-0.05, 0) is 76.0 Å². The van der Waals surface area contributed by atoms with Crippen molar-refractivity contribution in [3.63, 3.8) is 0 Å². The van der Waals surface area contributed by atoms with Gasteiger partial charge in [0.1, 0.15) is 0 Å². The zero-order valence-corrected chi connectivity index (χ0v) is 13.8. The minimum absolute atomic E-state index is 0.641. The summed E-state index contributed by atoms with van der Waals surface area (Å²) in [7, 11) is 0. The van der Waals surface area contributed by atoms with Crippen LogP contribution in [-0.4, -0.2) is 54.4 Å². The van der Waals surface area contributed by atoms with E-state index in [-0.39, 0.29) is 0 Å². The van der Waals surface area contributed by atoms with E-state index in [9.17, 15) is 0 Å². The van der Waals surface area contributed by atoms with Crippen LogP contribution in [0.3, 0.4) is 0 Å². The molecule has 2 nitrogen and oxygen atoms in total. The second-order valence-electron chi connectivity index (χ2n) is 7.21. The van der Waals surface area contributed by atoms with E-state index in [1.54, 1.807) is 0 Å². The van der Waals surface area contributed by atoms with E-state index in [0.29, 0.717) is 5.41 Å². The van der Waals surface area contributed by atoms with E-state index < -0.39 is 0 Å². The highest BCUT2D eigenvalue weighted by Crippen LogP contribution is 2.43. The summed E-state index contributed by atoms with van der Waals surface area (Å²) in [6, 6.07) is 0. The Bertz CT molecular complexity index is 271. The molecule has 1 aliphatic carbocycles. The van der Waals surface area contributed by atoms with Crippen molar-refractivity contribution >= 4 is 15.9 Å². The Balaban J connectivity index is 1.39. The average Bonchev–Trinajstić information content (AvgIpc) is 2.89. The molecule has 2 saturated heterocycles. The molecular weight excluding hydrogens is 300 g/mol. The van der Waals surface area contributed by atoms with E-state index in [4.69, 9.17) is 0 Å². The minimum atomic E-state index is 0.641. The van der Waals surface area contributed by atoms with Crippen molar-refractivity contribution < 1.29 is 0 Å². The molecule has 0 amide bonds. The summed E-state index contributed by atoms with van der Waals surface area (Å²) in [5.74, 6) is 0.982. The summed E-state index contributed by atoms with van der Waals surface area (Å²) in [6.07, 6.45) is 10.1. The van der Waals surface area contributed by atoms with Crippen molar-refractivity contribution in [3.05, 3.63) is 0 Å². The van der Waals surface area contributed by atoms with Crippen LogP contribution >= 0.6 is 15.9 Å². The van der Waals surface area contributed by atoms with Gasteiger partial charge in [0.2, 0.25) is 0 Å². The third-order valence-corrected chi connectivity index (χ3v) is 6.87. The van der Waals surface area contributed by atoms with Crippen LogP contribution in [0.1, 0.15) is 44.9 Å². The maximum absolute atomic E-state index is 3.75. The van der Waals surface area contributed by atoms with Gasteiger partial charge in [-0.3, -0.25) is 0 Å². The first-order valence-electron chi connectivity index (χ1n) is 8.30. The van der Waals surface area contributed by atoms with Gasteiger partial charge in [-0.15, -0.1) is 0 Å². The van der Waals surface area contributed by atoms with Crippen LogP contribution in [0, 0.1) is 11.3 Å². The molecule has 19 heavy (non-hydrogen) atoms. The fraction of sp³-hybridized carbons (Fsp3) is 1.00. The van der Waals surface area contributed by atoms with Crippen molar-refractivity contribution in [3.8, 4) is 0 Å². The van der Waals surface area contributed by atoms with Crippen LogP contribution in [0.25, 0.3) is 0 Å². The molecule has 1 saturated carbocycles. The van der Waals surface area contributed by atoms with Crippen LogP contribution in [-0.2, 0) is 0 Å². The van der Waals surface area contributed by atoms with E-state index in [2.05, 4.69) is 25.7 Å². The Morgan fingerprint density at radius 3 is 2.11 bits per heavy atom. The summed E-state index contributed by atoms with van der Waals surface area (Å²) in [6.45, 7) is 8.19. The maximum atomic E-state index is 3.75. The van der Waals surface area contributed by atoms with Gasteiger partial charge in [-0.1, -0.05) is 22.4 Å². The van der Waals surface area contributed by atoms with Crippen LogP contribution < -0.4 is 0 Å². The lowest BCUT2D eigenvalue weighted by atomic mass is 9.70. The van der Waals surface area contributed by atoms with Crippen molar-refractivity contribution in [2.75, 3.05) is 44.6 Å². The van der Waals surface area contributed by atoms with Gasteiger partial charge in [0.25, 0.3) is 0 Å². The molecule has 3 heteroatoms. The second-order valence-corrected chi connectivity index (χ2v) is 7.78. The lowest BCUT2D eigenvalue weighted by molar-refractivity contribution is 0.0635. The van der Waals surface area contributed by atoms with Crippen molar-refractivity contribution in [1.82, 2.24) is 9.80 Å². The molecule has 110 valence electrons.